The zero-order valence-electron chi connectivity index (χ0n) is 11.6. The van der Waals surface area contributed by atoms with E-state index in [1.807, 2.05) is 72.8 Å². The van der Waals surface area contributed by atoms with Crippen molar-refractivity contribution in [1.82, 2.24) is 0 Å². The van der Waals surface area contributed by atoms with E-state index in [0.29, 0.717) is 12.4 Å². The van der Waals surface area contributed by atoms with E-state index in [-0.39, 0.29) is 5.75 Å². The zero-order valence-corrected chi connectivity index (χ0v) is 11.6. The lowest BCUT2D eigenvalue weighted by atomic mass is 10.1. The SMILES string of the molecule is Oc1ccc(-c2ccccc2)cc1OCc1ccccc1. The Balaban J connectivity index is 1.82. The predicted octanol–water partition coefficient (Wildman–Crippen LogP) is 4.64. The van der Waals surface area contributed by atoms with Gasteiger partial charge < -0.3 is 9.84 Å². The van der Waals surface area contributed by atoms with E-state index in [4.69, 9.17) is 4.74 Å². The van der Waals surface area contributed by atoms with Crippen molar-refractivity contribution >= 4 is 0 Å². The topological polar surface area (TPSA) is 29.5 Å². The van der Waals surface area contributed by atoms with E-state index in [2.05, 4.69) is 0 Å². The lowest BCUT2D eigenvalue weighted by Crippen LogP contribution is -1.95. The number of hydrogen-bond acceptors (Lipinski definition) is 2. The molecule has 2 nitrogen and oxygen atoms in total. The second-order valence-corrected chi connectivity index (χ2v) is 4.82. The second-order valence-electron chi connectivity index (χ2n) is 4.82. The van der Waals surface area contributed by atoms with E-state index in [1.165, 1.54) is 0 Å². The lowest BCUT2D eigenvalue weighted by Gasteiger charge is -2.10. The first-order valence-electron chi connectivity index (χ1n) is 6.88. The summed E-state index contributed by atoms with van der Waals surface area (Å²) in [5, 5.41) is 9.93. The molecule has 0 aliphatic heterocycles. The average Bonchev–Trinajstić information content (AvgIpc) is 2.56. The zero-order chi connectivity index (χ0) is 14.5. The van der Waals surface area contributed by atoms with Gasteiger partial charge in [-0.25, -0.2) is 0 Å². The van der Waals surface area contributed by atoms with Crippen LogP contribution in [0.4, 0.5) is 0 Å². The molecule has 0 amide bonds. The van der Waals surface area contributed by atoms with E-state index < -0.39 is 0 Å². The Hall–Kier alpha value is -2.74. The average molecular weight is 276 g/mol. The smallest absolute Gasteiger partial charge is 0.162 e. The molecule has 0 spiro atoms. The van der Waals surface area contributed by atoms with Crippen LogP contribution in [0.1, 0.15) is 5.56 Å². The first kappa shape index (κ1) is 13.3. The van der Waals surface area contributed by atoms with Crippen LogP contribution in [0.25, 0.3) is 11.1 Å². The van der Waals surface area contributed by atoms with Crippen LogP contribution >= 0.6 is 0 Å². The van der Waals surface area contributed by atoms with Crippen molar-refractivity contribution in [2.45, 2.75) is 6.61 Å². The summed E-state index contributed by atoms with van der Waals surface area (Å²) in [6, 6.07) is 25.4. The summed E-state index contributed by atoms with van der Waals surface area (Å²) in [6.07, 6.45) is 0. The van der Waals surface area contributed by atoms with Gasteiger partial charge in [-0.05, 0) is 28.8 Å². The van der Waals surface area contributed by atoms with Gasteiger partial charge in [-0.3, -0.25) is 0 Å². The highest BCUT2D eigenvalue weighted by Crippen LogP contribution is 2.32. The van der Waals surface area contributed by atoms with E-state index in [9.17, 15) is 5.11 Å². The largest absolute Gasteiger partial charge is 0.504 e. The van der Waals surface area contributed by atoms with Crippen molar-refractivity contribution in [2.24, 2.45) is 0 Å². The standard InChI is InChI=1S/C19H16O2/c20-18-12-11-17(16-9-5-2-6-10-16)13-19(18)21-14-15-7-3-1-4-8-15/h1-13,20H,14H2. The molecule has 0 saturated carbocycles. The molecule has 0 saturated heterocycles. The van der Waals surface area contributed by atoms with Gasteiger partial charge in [0.15, 0.2) is 11.5 Å². The molecule has 3 aromatic rings. The van der Waals surface area contributed by atoms with Crippen molar-refractivity contribution in [3.63, 3.8) is 0 Å². The second kappa shape index (κ2) is 6.14. The van der Waals surface area contributed by atoms with Crippen LogP contribution in [0.5, 0.6) is 11.5 Å². The minimum absolute atomic E-state index is 0.158. The fraction of sp³-hybridized carbons (Fsp3) is 0.0526. The van der Waals surface area contributed by atoms with Crippen LogP contribution in [0.15, 0.2) is 78.9 Å². The summed E-state index contributed by atoms with van der Waals surface area (Å²) < 4.78 is 5.73. The fourth-order valence-corrected chi connectivity index (χ4v) is 2.18. The molecule has 0 fully saturated rings. The molecule has 0 heterocycles. The molecule has 0 bridgehead atoms. The normalized spacial score (nSPS) is 10.3. The highest BCUT2D eigenvalue weighted by Gasteiger charge is 2.06. The molecule has 0 radical (unpaired) electrons. The van der Waals surface area contributed by atoms with Crippen molar-refractivity contribution in [2.75, 3.05) is 0 Å². The molecular weight excluding hydrogens is 260 g/mol. The summed E-state index contributed by atoms with van der Waals surface area (Å²) in [7, 11) is 0. The summed E-state index contributed by atoms with van der Waals surface area (Å²) in [4.78, 5) is 0. The van der Waals surface area contributed by atoms with Crippen molar-refractivity contribution in [3.05, 3.63) is 84.4 Å². The van der Waals surface area contributed by atoms with Gasteiger partial charge in [0.25, 0.3) is 0 Å². The molecule has 0 unspecified atom stereocenters. The van der Waals surface area contributed by atoms with Crippen LogP contribution in [0.3, 0.4) is 0 Å². The molecule has 0 aromatic heterocycles. The number of ether oxygens (including phenoxy) is 1. The molecule has 0 aliphatic carbocycles. The fourth-order valence-electron chi connectivity index (χ4n) is 2.18. The molecule has 2 heteroatoms. The highest BCUT2D eigenvalue weighted by atomic mass is 16.5. The van der Waals surface area contributed by atoms with Crippen LogP contribution in [0, 0.1) is 0 Å². The Morgan fingerprint density at radius 3 is 2.10 bits per heavy atom. The summed E-state index contributed by atoms with van der Waals surface area (Å²) in [5.41, 5.74) is 3.19. The third kappa shape index (κ3) is 3.23. The Morgan fingerprint density at radius 2 is 1.38 bits per heavy atom. The maximum absolute atomic E-state index is 9.93. The quantitative estimate of drug-likeness (QED) is 0.752. The summed E-state index contributed by atoms with van der Waals surface area (Å²) in [6.45, 7) is 0.437. The van der Waals surface area contributed by atoms with Crippen LogP contribution in [-0.2, 0) is 6.61 Å². The molecule has 0 atom stereocenters. The minimum atomic E-state index is 0.158. The first-order chi connectivity index (χ1) is 10.3. The molecule has 3 aromatic carbocycles. The summed E-state index contributed by atoms with van der Waals surface area (Å²) in [5.74, 6) is 0.658. The van der Waals surface area contributed by atoms with Crippen LogP contribution < -0.4 is 4.74 Å². The lowest BCUT2D eigenvalue weighted by molar-refractivity contribution is 0.289. The van der Waals surface area contributed by atoms with E-state index in [1.54, 1.807) is 6.07 Å². The maximum Gasteiger partial charge on any atom is 0.162 e. The van der Waals surface area contributed by atoms with Crippen molar-refractivity contribution in [3.8, 4) is 22.6 Å². The number of rotatable bonds is 4. The van der Waals surface area contributed by atoms with E-state index >= 15 is 0 Å². The van der Waals surface area contributed by atoms with Crippen molar-refractivity contribution in [1.29, 1.82) is 0 Å². The monoisotopic (exact) mass is 276 g/mol. The van der Waals surface area contributed by atoms with Gasteiger partial charge in [0.2, 0.25) is 0 Å². The molecule has 104 valence electrons. The third-order valence-corrected chi connectivity index (χ3v) is 3.30. The molecule has 0 aliphatic rings. The third-order valence-electron chi connectivity index (χ3n) is 3.30. The summed E-state index contributed by atoms with van der Waals surface area (Å²) >= 11 is 0. The van der Waals surface area contributed by atoms with Gasteiger partial charge in [-0.15, -0.1) is 0 Å². The molecule has 1 N–H and O–H groups in total. The first-order valence-corrected chi connectivity index (χ1v) is 6.88. The van der Waals surface area contributed by atoms with Gasteiger partial charge >= 0.3 is 0 Å². The van der Waals surface area contributed by atoms with Gasteiger partial charge in [-0.2, -0.15) is 0 Å². The number of hydrogen-bond donors (Lipinski definition) is 1. The van der Waals surface area contributed by atoms with Gasteiger partial charge in [-0.1, -0.05) is 66.7 Å². The molecule has 3 rings (SSSR count). The van der Waals surface area contributed by atoms with Crippen LogP contribution in [-0.4, -0.2) is 5.11 Å². The highest BCUT2D eigenvalue weighted by molar-refractivity contribution is 5.66. The number of aromatic hydroxyl groups is 1. The molecule has 21 heavy (non-hydrogen) atoms. The Morgan fingerprint density at radius 1 is 0.714 bits per heavy atom. The van der Waals surface area contributed by atoms with Gasteiger partial charge in [0, 0.05) is 0 Å². The van der Waals surface area contributed by atoms with E-state index in [0.717, 1.165) is 16.7 Å². The number of phenolic OH excluding ortho intramolecular Hbond substituents is 1. The van der Waals surface area contributed by atoms with Crippen LogP contribution in [0.2, 0.25) is 0 Å². The van der Waals surface area contributed by atoms with Gasteiger partial charge in [0.1, 0.15) is 6.61 Å². The Kier molecular flexibility index (Phi) is 3.88. The number of phenols is 1. The maximum atomic E-state index is 9.93. The Bertz CT molecular complexity index is 706. The predicted molar refractivity (Wildman–Crippen MR) is 84.3 cm³/mol. The Labute approximate surface area is 124 Å². The molecular formula is C19H16O2. The minimum Gasteiger partial charge on any atom is -0.504 e. The van der Waals surface area contributed by atoms with Crippen molar-refractivity contribution < 1.29 is 9.84 Å². The number of benzene rings is 3. The van der Waals surface area contributed by atoms with Gasteiger partial charge in [0.05, 0.1) is 0 Å².